The Morgan fingerprint density at radius 3 is 2.43 bits per heavy atom. The standard InChI is InChI=1S/C18H21N3O2/c22-18(21-12-10-19-11-13-21)20-16-6-8-17(9-7-16)23-14-15-4-2-1-3-5-15/h1-9,19H,10-14H2,(H,20,22). The highest BCUT2D eigenvalue weighted by molar-refractivity contribution is 5.89. The van der Waals surface area contributed by atoms with E-state index in [1.807, 2.05) is 59.5 Å². The second kappa shape index (κ2) is 7.65. The van der Waals surface area contributed by atoms with E-state index in [0.29, 0.717) is 6.61 Å². The molecule has 1 fully saturated rings. The summed E-state index contributed by atoms with van der Waals surface area (Å²) in [5.74, 6) is 0.786. The fraction of sp³-hybridized carbons (Fsp3) is 0.278. The number of piperazine rings is 1. The largest absolute Gasteiger partial charge is 0.489 e. The van der Waals surface area contributed by atoms with Crippen LogP contribution in [0.5, 0.6) is 5.75 Å². The minimum atomic E-state index is -0.0514. The van der Waals surface area contributed by atoms with Crippen LogP contribution in [0.3, 0.4) is 0 Å². The predicted molar refractivity (Wildman–Crippen MR) is 90.7 cm³/mol. The summed E-state index contributed by atoms with van der Waals surface area (Å²) in [5.41, 5.74) is 1.91. The van der Waals surface area contributed by atoms with Crippen molar-refractivity contribution in [3.8, 4) is 5.75 Å². The number of carbonyl (C=O) groups excluding carboxylic acids is 1. The number of rotatable bonds is 4. The lowest BCUT2D eigenvalue weighted by atomic mass is 10.2. The van der Waals surface area contributed by atoms with Crippen LogP contribution >= 0.6 is 0 Å². The number of nitrogens with one attached hydrogen (secondary N) is 2. The number of urea groups is 1. The summed E-state index contributed by atoms with van der Waals surface area (Å²) in [6.45, 7) is 3.71. The molecule has 120 valence electrons. The van der Waals surface area contributed by atoms with Crippen LogP contribution in [0.15, 0.2) is 54.6 Å². The maximum atomic E-state index is 12.1. The number of carbonyl (C=O) groups is 1. The molecule has 0 aromatic heterocycles. The lowest BCUT2D eigenvalue weighted by Gasteiger charge is -2.27. The van der Waals surface area contributed by atoms with Gasteiger partial charge in [-0.25, -0.2) is 4.79 Å². The zero-order valence-electron chi connectivity index (χ0n) is 13.0. The number of ether oxygens (including phenoxy) is 1. The quantitative estimate of drug-likeness (QED) is 0.913. The molecule has 5 heteroatoms. The first kappa shape index (κ1) is 15.4. The maximum Gasteiger partial charge on any atom is 0.321 e. The predicted octanol–water partition coefficient (Wildman–Crippen LogP) is 2.70. The summed E-state index contributed by atoms with van der Waals surface area (Å²) in [7, 11) is 0. The number of amides is 2. The van der Waals surface area contributed by atoms with Gasteiger partial charge in [0, 0.05) is 31.9 Å². The second-order valence-electron chi connectivity index (χ2n) is 5.47. The first-order valence-corrected chi connectivity index (χ1v) is 7.85. The zero-order valence-corrected chi connectivity index (χ0v) is 13.0. The van der Waals surface area contributed by atoms with E-state index in [2.05, 4.69) is 10.6 Å². The molecule has 0 saturated carbocycles. The summed E-state index contributed by atoms with van der Waals surface area (Å²) in [4.78, 5) is 13.9. The molecule has 0 aliphatic carbocycles. The van der Waals surface area contributed by atoms with Crippen molar-refractivity contribution in [3.63, 3.8) is 0 Å². The molecule has 5 nitrogen and oxygen atoms in total. The summed E-state index contributed by atoms with van der Waals surface area (Å²) in [6, 6.07) is 17.4. The molecule has 1 aliphatic rings. The molecule has 0 bridgehead atoms. The Hall–Kier alpha value is -2.53. The zero-order chi connectivity index (χ0) is 15.9. The highest BCUT2D eigenvalue weighted by Gasteiger charge is 2.15. The summed E-state index contributed by atoms with van der Waals surface area (Å²) >= 11 is 0. The van der Waals surface area contributed by atoms with Gasteiger partial charge in [-0.1, -0.05) is 30.3 Å². The van der Waals surface area contributed by atoms with Crippen molar-refractivity contribution in [3.05, 3.63) is 60.2 Å². The Morgan fingerprint density at radius 1 is 1.04 bits per heavy atom. The minimum Gasteiger partial charge on any atom is -0.489 e. The van der Waals surface area contributed by atoms with Crippen molar-refractivity contribution in [1.29, 1.82) is 0 Å². The molecule has 3 rings (SSSR count). The third kappa shape index (κ3) is 4.47. The van der Waals surface area contributed by atoms with E-state index >= 15 is 0 Å². The van der Waals surface area contributed by atoms with E-state index in [9.17, 15) is 4.79 Å². The van der Waals surface area contributed by atoms with Gasteiger partial charge < -0.3 is 20.3 Å². The van der Waals surface area contributed by atoms with Crippen molar-refractivity contribution in [1.82, 2.24) is 10.2 Å². The Morgan fingerprint density at radius 2 is 1.74 bits per heavy atom. The average molecular weight is 311 g/mol. The van der Waals surface area contributed by atoms with Gasteiger partial charge in [0.2, 0.25) is 0 Å². The van der Waals surface area contributed by atoms with Gasteiger partial charge >= 0.3 is 6.03 Å². The van der Waals surface area contributed by atoms with Gasteiger partial charge in [0.05, 0.1) is 0 Å². The third-order valence-electron chi connectivity index (χ3n) is 3.76. The SMILES string of the molecule is O=C(Nc1ccc(OCc2ccccc2)cc1)N1CCNCC1. The topological polar surface area (TPSA) is 53.6 Å². The molecular weight excluding hydrogens is 290 g/mol. The van der Waals surface area contributed by atoms with E-state index in [-0.39, 0.29) is 6.03 Å². The van der Waals surface area contributed by atoms with Crippen molar-refractivity contribution in [2.45, 2.75) is 6.61 Å². The van der Waals surface area contributed by atoms with Crippen LogP contribution in [0.2, 0.25) is 0 Å². The second-order valence-corrected chi connectivity index (χ2v) is 5.47. The molecule has 2 aromatic carbocycles. The van der Waals surface area contributed by atoms with E-state index in [1.54, 1.807) is 0 Å². The molecule has 2 aromatic rings. The molecule has 2 amide bonds. The van der Waals surface area contributed by atoms with Crippen LogP contribution in [0.25, 0.3) is 0 Å². The normalized spacial score (nSPS) is 14.3. The smallest absolute Gasteiger partial charge is 0.321 e. The van der Waals surface area contributed by atoms with Gasteiger partial charge in [0.25, 0.3) is 0 Å². The molecule has 0 unspecified atom stereocenters. The van der Waals surface area contributed by atoms with Gasteiger partial charge in [0.1, 0.15) is 12.4 Å². The molecule has 2 N–H and O–H groups in total. The average Bonchev–Trinajstić information content (AvgIpc) is 2.63. The maximum absolute atomic E-state index is 12.1. The molecule has 0 atom stereocenters. The van der Waals surface area contributed by atoms with Crippen LogP contribution in [-0.4, -0.2) is 37.1 Å². The summed E-state index contributed by atoms with van der Waals surface area (Å²) in [6.07, 6.45) is 0. The molecule has 0 radical (unpaired) electrons. The van der Waals surface area contributed by atoms with Crippen molar-refractivity contribution >= 4 is 11.7 Å². The Kier molecular flexibility index (Phi) is 5.11. The lowest BCUT2D eigenvalue weighted by molar-refractivity contribution is 0.204. The lowest BCUT2D eigenvalue weighted by Crippen LogP contribution is -2.48. The number of anilines is 1. The Labute approximate surface area is 136 Å². The highest BCUT2D eigenvalue weighted by atomic mass is 16.5. The number of hydrogen-bond acceptors (Lipinski definition) is 3. The van der Waals surface area contributed by atoms with Gasteiger partial charge in [0.15, 0.2) is 0 Å². The van der Waals surface area contributed by atoms with Crippen LogP contribution in [-0.2, 0) is 6.61 Å². The van der Waals surface area contributed by atoms with Crippen LogP contribution in [0.4, 0.5) is 10.5 Å². The van der Waals surface area contributed by atoms with Gasteiger partial charge in [-0.2, -0.15) is 0 Å². The number of hydrogen-bond donors (Lipinski definition) is 2. The summed E-state index contributed by atoms with van der Waals surface area (Å²) in [5, 5.41) is 6.15. The van der Waals surface area contributed by atoms with Crippen LogP contribution < -0.4 is 15.4 Å². The summed E-state index contributed by atoms with van der Waals surface area (Å²) < 4.78 is 5.74. The van der Waals surface area contributed by atoms with E-state index < -0.39 is 0 Å². The number of nitrogens with zero attached hydrogens (tertiary/aromatic N) is 1. The molecule has 1 aliphatic heterocycles. The van der Waals surface area contributed by atoms with Crippen LogP contribution in [0, 0.1) is 0 Å². The van der Waals surface area contributed by atoms with Crippen molar-refractivity contribution in [2.24, 2.45) is 0 Å². The van der Waals surface area contributed by atoms with Crippen molar-refractivity contribution in [2.75, 3.05) is 31.5 Å². The van der Waals surface area contributed by atoms with E-state index in [1.165, 1.54) is 0 Å². The minimum absolute atomic E-state index is 0.0514. The van der Waals surface area contributed by atoms with Gasteiger partial charge in [-0.15, -0.1) is 0 Å². The highest BCUT2D eigenvalue weighted by Crippen LogP contribution is 2.17. The fourth-order valence-electron chi connectivity index (χ4n) is 2.45. The third-order valence-corrected chi connectivity index (χ3v) is 3.76. The van der Waals surface area contributed by atoms with E-state index in [4.69, 9.17) is 4.74 Å². The molecular formula is C18H21N3O2. The van der Waals surface area contributed by atoms with Crippen molar-refractivity contribution < 1.29 is 9.53 Å². The first-order valence-electron chi connectivity index (χ1n) is 7.85. The Bertz CT molecular complexity index is 622. The fourth-order valence-corrected chi connectivity index (χ4v) is 2.45. The number of benzene rings is 2. The van der Waals surface area contributed by atoms with E-state index in [0.717, 1.165) is 43.2 Å². The van der Waals surface area contributed by atoms with Gasteiger partial charge in [-0.05, 0) is 29.8 Å². The molecule has 0 spiro atoms. The Balaban J connectivity index is 1.51. The molecule has 1 saturated heterocycles. The van der Waals surface area contributed by atoms with Crippen LogP contribution in [0.1, 0.15) is 5.56 Å². The van der Waals surface area contributed by atoms with Gasteiger partial charge in [-0.3, -0.25) is 0 Å². The first-order chi connectivity index (χ1) is 11.3. The monoisotopic (exact) mass is 311 g/mol. The molecule has 23 heavy (non-hydrogen) atoms. The molecule has 1 heterocycles.